The number of rotatable bonds is 5. The highest BCUT2D eigenvalue weighted by Gasteiger charge is 2.23. The number of hydrogen-bond acceptors (Lipinski definition) is 6. The smallest absolute Gasteiger partial charge is 0.254 e. The molecule has 3 heterocycles. The Balaban J connectivity index is 1.68. The maximum Gasteiger partial charge on any atom is 0.254 e. The number of fused-ring (bicyclic) bond motifs is 1. The average molecular weight is 390 g/mol. The minimum absolute atomic E-state index is 0.125. The van der Waals surface area contributed by atoms with E-state index in [2.05, 4.69) is 26.8 Å². The molecular weight excluding hydrogens is 368 g/mol. The predicted molar refractivity (Wildman–Crippen MR) is 110 cm³/mol. The van der Waals surface area contributed by atoms with E-state index in [1.807, 2.05) is 6.20 Å². The lowest BCUT2D eigenvalue weighted by molar-refractivity contribution is 0.100. The summed E-state index contributed by atoms with van der Waals surface area (Å²) in [4.78, 5) is 42.3. The summed E-state index contributed by atoms with van der Waals surface area (Å²) in [6, 6.07) is 6.72. The Bertz CT molecular complexity index is 1110. The standard InChI is InChI=1S/C21H22N6O2/c1-2-3-15-10-23-12-24-20(15)27-9-8-16-17(11-27)25-19(26-21(16)29)14-6-4-13(5-7-14)18(22)28/h4-7,10,12H,2-3,8-9,11H2,1H3,(H2,22,28)(H,25,26,29). The highest BCUT2D eigenvalue weighted by molar-refractivity contribution is 5.93. The van der Waals surface area contributed by atoms with Crippen molar-refractivity contribution < 1.29 is 4.79 Å². The molecule has 8 nitrogen and oxygen atoms in total. The van der Waals surface area contributed by atoms with Crippen LogP contribution in [0.3, 0.4) is 0 Å². The van der Waals surface area contributed by atoms with E-state index in [9.17, 15) is 9.59 Å². The van der Waals surface area contributed by atoms with Crippen LogP contribution in [0.4, 0.5) is 5.82 Å². The number of nitrogens with two attached hydrogens (primary N) is 1. The summed E-state index contributed by atoms with van der Waals surface area (Å²) in [5, 5.41) is 0. The lowest BCUT2D eigenvalue weighted by atomic mass is 10.0. The predicted octanol–water partition coefficient (Wildman–Crippen LogP) is 1.84. The van der Waals surface area contributed by atoms with Crippen LogP contribution in [0.15, 0.2) is 41.6 Å². The number of nitrogens with zero attached hydrogens (tertiary/aromatic N) is 4. The van der Waals surface area contributed by atoms with E-state index in [0.29, 0.717) is 36.5 Å². The molecule has 1 amide bonds. The molecule has 1 aliphatic heterocycles. The molecule has 0 unspecified atom stereocenters. The topological polar surface area (TPSA) is 118 Å². The number of aryl methyl sites for hydroxylation is 1. The van der Waals surface area contributed by atoms with E-state index in [0.717, 1.165) is 35.5 Å². The molecule has 3 aromatic rings. The molecule has 0 bridgehead atoms. The van der Waals surface area contributed by atoms with Gasteiger partial charge in [-0.1, -0.05) is 25.5 Å². The van der Waals surface area contributed by atoms with E-state index < -0.39 is 5.91 Å². The molecular formula is C21H22N6O2. The summed E-state index contributed by atoms with van der Waals surface area (Å²) in [5.74, 6) is 0.886. The number of anilines is 1. The van der Waals surface area contributed by atoms with Gasteiger partial charge in [0.15, 0.2) is 0 Å². The fourth-order valence-corrected chi connectivity index (χ4v) is 3.63. The third-order valence-corrected chi connectivity index (χ3v) is 5.10. The second-order valence-corrected chi connectivity index (χ2v) is 7.07. The monoisotopic (exact) mass is 390 g/mol. The molecule has 0 spiro atoms. The molecule has 0 saturated heterocycles. The quantitative estimate of drug-likeness (QED) is 0.686. The Morgan fingerprint density at radius 2 is 2.07 bits per heavy atom. The summed E-state index contributed by atoms with van der Waals surface area (Å²) in [5.41, 5.74) is 8.86. The molecule has 29 heavy (non-hydrogen) atoms. The molecule has 0 saturated carbocycles. The van der Waals surface area contributed by atoms with Gasteiger partial charge < -0.3 is 15.6 Å². The minimum Gasteiger partial charge on any atom is -0.366 e. The molecule has 8 heteroatoms. The van der Waals surface area contributed by atoms with Gasteiger partial charge in [0.1, 0.15) is 18.0 Å². The maximum absolute atomic E-state index is 12.6. The zero-order valence-corrected chi connectivity index (χ0v) is 16.2. The number of aromatic amines is 1. The molecule has 0 fully saturated rings. The molecule has 2 aromatic heterocycles. The number of carbonyl (C=O) groups excluding carboxylic acids is 1. The molecule has 0 atom stereocenters. The van der Waals surface area contributed by atoms with Crippen LogP contribution in [0.2, 0.25) is 0 Å². The Labute approximate surface area is 167 Å². The van der Waals surface area contributed by atoms with E-state index in [4.69, 9.17) is 10.7 Å². The van der Waals surface area contributed by atoms with Gasteiger partial charge in [-0.05, 0) is 25.0 Å². The molecule has 148 valence electrons. The van der Waals surface area contributed by atoms with E-state index >= 15 is 0 Å². The van der Waals surface area contributed by atoms with E-state index in [1.165, 1.54) is 0 Å². The Morgan fingerprint density at radius 3 is 2.79 bits per heavy atom. The number of nitrogens with one attached hydrogen (secondary N) is 1. The van der Waals surface area contributed by atoms with Gasteiger partial charge in [-0.3, -0.25) is 9.59 Å². The number of primary amides is 1. The van der Waals surface area contributed by atoms with E-state index in [1.54, 1.807) is 30.6 Å². The van der Waals surface area contributed by atoms with Crippen molar-refractivity contribution in [2.45, 2.75) is 32.7 Å². The zero-order valence-electron chi connectivity index (χ0n) is 16.2. The van der Waals surface area contributed by atoms with Crippen molar-refractivity contribution >= 4 is 11.7 Å². The van der Waals surface area contributed by atoms with Crippen LogP contribution in [-0.2, 0) is 19.4 Å². The van der Waals surface area contributed by atoms with Crippen molar-refractivity contribution in [1.82, 2.24) is 19.9 Å². The van der Waals surface area contributed by atoms with Gasteiger partial charge in [-0.25, -0.2) is 15.0 Å². The van der Waals surface area contributed by atoms with Gasteiger partial charge in [0.2, 0.25) is 5.91 Å². The van der Waals surface area contributed by atoms with Crippen LogP contribution < -0.4 is 16.2 Å². The third-order valence-electron chi connectivity index (χ3n) is 5.10. The van der Waals surface area contributed by atoms with E-state index in [-0.39, 0.29) is 5.56 Å². The molecule has 1 aliphatic rings. The summed E-state index contributed by atoms with van der Waals surface area (Å²) in [6.07, 6.45) is 5.93. The SMILES string of the molecule is CCCc1cncnc1N1CCc2c(nc(-c3ccc(C(N)=O)cc3)[nH]c2=O)C1. The number of hydrogen-bond donors (Lipinski definition) is 2. The molecule has 4 rings (SSSR count). The van der Waals surface area contributed by atoms with Gasteiger partial charge in [-0.15, -0.1) is 0 Å². The highest BCUT2D eigenvalue weighted by Crippen LogP contribution is 2.25. The molecule has 3 N–H and O–H groups in total. The number of carbonyl (C=O) groups is 1. The number of H-pyrrole nitrogens is 1. The van der Waals surface area contributed by atoms with Crippen LogP contribution >= 0.6 is 0 Å². The normalized spacial score (nSPS) is 13.2. The molecule has 1 aromatic carbocycles. The fourth-order valence-electron chi connectivity index (χ4n) is 3.63. The first kappa shape index (κ1) is 18.8. The van der Waals surface area contributed by atoms with Crippen molar-refractivity contribution in [3.8, 4) is 11.4 Å². The molecule has 0 aliphatic carbocycles. The van der Waals surface area contributed by atoms with Crippen molar-refractivity contribution in [3.05, 3.63) is 69.5 Å². The van der Waals surface area contributed by atoms with Crippen LogP contribution in [0, 0.1) is 0 Å². The number of benzene rings is 1. The Morgan fingerprint density at radius 1 is 1.28 bits per heavy atom. The first-order valence-corrected chi connectivity index (χ1v) is 9.63. The van der Waals surface area contributed by atoms with Crippen LogP contribution in [0.5, 0.6) is 0 Å². The fraction of sp³-hybridized carbons (Fsp3) is 0.286. The van der Waals surface area contributed by atoms with Gasteiger partial charge in [0, 0.05) is 35.0 Å². The number of amides is 1. The summed E-state index contributed by atoms with van der Waals surface area (Å²) in [7, 11) is 0. The summed E-state index contributed by atoms with van der Waals surface area (Å²) < 4.78 is 0. The van der Waals surface area contributed by atoms with Crippen molar-refractivity contribution in [3.63, 3.8) is 0 Å². The highest BCUT2D eigenvalue weighted by atomic mass is 16.1. The van der Waals surface area contributed by atoms with Crippen molar-refractivity contribution in [2.75, 3.05) is 11.4 Å². The van der Waals surface area contributed by atoms with Crippen molar-refractivity contribution in [1.29, 1.82) is 0 Å². The summed E-state index contributed by atoms with van der Waals surface area (Å²) >= 11 is 0. The largest absolute Gasteiger partial charge is 0.366 e. The first-order chi connectivity index (χ1) is 14.1. The second kappa shape index (κ2) is 7.83. The second-order valence-electron chi connectivity index (χ2n) is 7.07. The van der Waals surface area contributed by atoms with Gasteiger partial charge in [0.05, 0.1) is 12.2 Å². The Kier molecular flexibility index (Phi) is 5.07. The summed E-state index contributed by atoms with van der Waals surface area (Å²) in [6.45, 7) is 3.34. The van der Waals surface area contributed by atoms with Gasteiger partial charge >= 0.3 is 0 Å². The van der Waals surface area contributed by atoms with Crippen LogP contribution in [0.1, 0.15) is 40.5 Å². The number of aromatic nitrogens is 4. The van der Waals surface area contributed by atoms with Gasteiger partial charge in [0.25, 0.3) is 5.56 Å². The minimum atomic E-state index is -0.494. The Hall–Kier alpha value is -3.55. The van der Waals surface area contributed by atoms with Crippen LogP contribution in [0.25, 0.3) is 11.4 Å². The first-order valence-electron chi connectivity index (χ1n) is 9.63. The average Bonchev–Trinajstić information content (AvgIpc) is 2.74. The lowest BCUT2D eigenvalue weighted by Crippen LogP contribution is -2.36. The third kappa shape index (κ3) is 3.73. The van der Waals surface area contributed by atoms with Crippen molar-refractivity contribution in [2.24, 2.45) is 5.73 Å². The van der Waals surface area contributed by atoms with Gasteiger partial charge in [-0.2, -0.15) is 0 Å². The maximum atomic E-state index is 12.6. The lowest BCUT2D eigenvalue weighted by Gasteiger charge is -2.30. The van der Waals surface area contributed by atoms with Crippen LogP contribution in [-0.4, -0.2) is 32.4 Å². The zero-order chi connectivity index (χ0) is 20.4. The molecule has 0 radical (unpaired) electrons.